The summed E-state index contributed by atoms with van der Waals surface area (Å²) in [5, 5.41) is 0. The minimum Gasteiger partial charge on any atom is -0.207 e. The van der Waals surface area contributed by atoms with Crippen molar-refractivity contribution in [3.8, 4) is 0 Å². The minimum absolute atomic E-state index is 0.149. The molecule has 0 N–H and O–H groups in total. The molecule has 0 unspecified atom stereocenters. The van der Waals surface area contributed by atoms with Gasteiger partial charge in [0.1, 0.15) is 5.82 Å². The highest BCUT2D eigenvalue weighted by atomic mass is 32.2. The van der Waals surface area contributed by atoms with Crippen LogP contribution in [0, 0.1) is 11.7 Å². The molecular weight excluding hydrogens is 207 g/mol. The molecule has 0 spiro atoms. The third-order valence-electron chi connectivity index (χ3n) is 2.69. The third kappa shape index (κ3) is 4.70. The Hall–Kier alpha value is -0.500. The van der Waals surface area contributed by atoms with E-state index in [0.717, 1.165) is 11.7 Å². The summed E-state index contributed by atoms with van der Waals surface area (Å²) in [6, 6.07) is 6.81. The number of hydrogen-bond acceptors (Lipinski definition) is 1. The van der Waals surface area contributed by atoms with Crippen LogP contribution in [0.25, 0.3) is 0 Å². The maximum Gasteiger partial charge on any atom is 0.123 e. The van der Waals surface area contributed by atoms with Crippen molar-refractivity contribution in [1.82, 2.24) is 0 Å². The molecule has 0 radical (unpaired) electrons. The molecule has 1 rings (SSSR count). The molecule has 0 aliphatic rings. The van der Waals surface area contributed by atoms with Gasteiger partial charge in [-0.15, -0.1) is 0 Å². The highest BCUT2D eigenvalue weighted by Gasteiger charge is 2.03. The smallest absolute Gasteiger partial charge is 0.123 e. The van der Waals surface area contributed by atoms with Crippen LogP contribution in [0.1, 0.15) is 32.3 Å². The summed E-state index contributed by atoms with van der Waals surface area (Å²) in [7, 11) is 0. The second kappa shape index (κ2) is 6.89. The van der Waals surface area contributed by atoms with Crippen molar-refractivity contribution >= 4 is 11.8 Å². The fourth-order valence-corrected chi connectivity index (χ4v) is 2.80. The molecule has 0 nitrogen and oxygen atoms in total. The Labute approximate surface area is 96.3 Å². The van der Waals surface area contributed by atoms with Gasteiger partial charge in [-0.3, -0.25) is 0 Å². The van der Waals surface area contributed by atoms with Crippen LogP contribution in [0.5, 0.6) is 0 Å². The number of rotatable bonds is 6. The van der Waals surface area contributed by atoms with Crippen LogP contribution in [0.3, 0.4) is 0 Å². The van der Waals surface area contributed by atoms with Gasteiger partial charge in [0.2, 0.25) is 0 Å². The Morgan fingerprint density at radius 2 is 1.73 bits per heavy atom. The van der Waals surface area contributed by atoms with Crippen LogP contribution in [0.15, 0.2) is 24.3 Å². The average molecular weight is 226 g/mol. The largest absolute Gasteiger partial charge is 0.207 e. The first kappa shape index (κ1) is 12.6. The van der Waals surface area contributed by atoms with Crippen molar-refractivity contribution in [3.63, 3.8) is 0 Å². The van der Waals surface area contributed by atoms with Crippen molar-refractivity contribution in [1.29, 1.82) is 0 Å². The van der Waals surface area contributed by atoms with Gasteiger partial charge in [0.25, 0.3) is 0 Å². The van der Waals surface area contributed by atoms with Crippen molar-refractivity contribution in [3.05, 3.63) is 35.6 Å². The van der Waals surface area contributed by atoms with Gasteiger partial charge in [-0.1, -0.05) is 38.8 Å². The molecule has 0 aliphatic carbocycles. The van der Waals surface area contributed by atoms with E-state index >= 15 is 0 Å². The summed E-state index contributed by atoms with van der Waals surface area (Å²) in [6.45, 7) is 4.49. The number of hydrogen-bond donors (Lipinski definition) is 0. The predicted molar refractivity (Wildman–Crippen MR) is 66.6 cm³/mol. The van der Waals surface area contributed by atoms with E-state index in [1.54, 1.807) is 0 Å². The second-order valence-electron chi connectivity index (χ2n) is 3.82. The molecule has 0 amide bonds. The monoisotopic (exact) mass is 226 g/mol. The summed E-state index contributed by atoms with van der Waals surface area (Å²) >= 11 is 1.95. The number of thioether (sulfide) groups is 1. The van der Waals surface area contributed by atoms with Crippen molar-refractivity contribution in [2.24, 2.45) is 5.92 Å². The Balaban J connectivity index is 2.28. The molecule has 0 fully saturated rings. The van der Waals surface area contributed by atoms with E-state index in [2.05, 4.69) is 13.8 Å². The third-order valence-corrected chi connectivity index (χ3v) is 3.93. The first-order valence-corrected chi connectivity index (χ1v) is 6.73. The van der Waals surface area contributed by atoms with Gasteiger partial charge in [0.05, 0.1) is 0 Å². The average Bonchev–Trinajstić information content (AvgIpc) is 2.27. The molecule has 0 heterocycles. The molecule has 0 saturated carbocycles. The molecule has 0 saturated heterocycles. The summed E-state index contributed by atoms with van der Waals surface area (Å²) in [6.07, 6.45) is 2.51. The summed E-state index contributed by atoms with van der Waals surface area (Å²) in [4.78, 5) is 0. The minimum atomic E-state index is -0.149. The zero-order chi connectivity index (χ0) is 11.1. The van der Waals surface area contributed by atoms with Crippen LogP contribution in [0.4, 0.5) is 4.39 Å². The van der Waals surface area contributed by atoms with E-state index in [4.69, 9.17) is 0 Å². The summed E-state index contributed by atoms with van der Waals surface area (Å²) in [5.74, 6) is 2.89. The zero-order valence-corrected chi connectivity index (χ0v) is 10.3. The van der Waals surface area contributed by atoms with Gasteiger partial charge in [-0.25, -0.2) is 4.39 Å². The van der Waals surface area contributed by atoms with Crippen molar-refractivity contribution in [2.75, 3.05) is 5.75 Å². The highest BCUT2D eigenvalue weighted by molar-refractivity contribution is 7.98. The highest BCUT2D eigenvalue weighted by Crippen LogP contribution is 2.19. The summed E-state index contributed by atoms with van der Waals surface area (Å²) in [5.41, 5.74) is 1.22. The Morgan fingerprint density at radius 1 is 1.13 bits per heavy atom. The zero-order valence-electron chi connectivity index (χ0n) is 9.50. The molecule has 0 bridgehead atoms. The van der Waals surface area contributed by atoms with Crippen molar-refractivity contribution < 1.29 is 4.39 Å². The first-order valence-electron chi connectivity index (χ1n) is 5.58. The van der Waals surface area contributed by atoms with Gasteiger partial charge in [-0.05, 0) is 29.4 Å². The molecule has 0 atom stereocenters. The molecule has 0 aliphatic heterocycles. The van der Waals surface area contributed by atoms with Gasteiger partial charge in [0, 0.05) is 5.75 Å². The Morgan fingerprint density at radius 3 is 2.27 bits per heavy atom. The Kier molecular flexibility index (Phi) is 5.77. The van der Waals surface area contributed by atoms with Crippen LogP contribution in [0.2, 0.25) is 0 Å². The lowest BCUT2D eigenvalue weighted by molar-refractivity contribution is 0.554. The molecule has 0 aromatic heterocycles. The maximum atomic E-state index is 12.6. The molecule has 84 valence electrons. The van der Waals surface area contributed by atoms with Crippen LogP contribution in [-0.2, 0) is 5.75 Å². The molecule has 15 heavy (non-hydrogen) atoms. The van der Waals surface area contributed by atoms with Gasteiger partial charge < -0.3 is 0 Å². The standard InChI is InChI=1S/C13H19FS/c1-3-11(4-2)9-15-10-12-5-7-13(14)8-6-12/h5-8,11H,3-4,9-10H2,1-2H3. The van der Waals surface area contributed by atoms with E-state index in [-0.39, 0.29) is 5.82 Å². The van der Waals surface area contributed by atoms with Crippen LogP contribution < -0.4 is 0 Å². The lowest BCUT2D eigenvalue weighted by atomic mass is 10.1. The molecule has 1 aromatic rings. The molecule has 1 aromatic carbocycles. The SMILES string of the molecule is CCC(CC)CSCc1ccc(F)cc1. The quantitative estimate of drug-likeness (QED) is 0.688. The Bertz CT molecular complexity index is 264. The topological polar surface area (TPSA) is 0 Å². The summed E-state index contributed by atoms with van der Waals surface area (Å²) < 4.78 is 12.6. The van der Waals surface area contributed by atoms with E-state index in [0.29, 0.717) is 0 Å². The van der Waals surface area contributed by atoms with E-state index in [1.165, 1.54) is 36.3 Å². The van der Waals surface area contributed by atoms with E-state index < -0.39 is 0 Å². The molecular formula is C13H19FS. The van der Waals surface area contributed by atoms with Crippen LogP contribution in [-0.4, -0.2) is 5.75 Å². The first-order chi connectivity index (χ1) is 7.26. The lowest BCUT2D eigenvalue weighted by Gasteiger charge is -2.11. The fourth-order valence-electron chi connectivity index (χ4n) is 1.45. The van der Waals surface area contributed by atoms with Gasteiger partial charge in [0.15, 0.2) is 0 Å². The maximum absolute atomic E-state index is 12.6. The van der Waals surface area contributed by atoms with E-state index in [1.807, 2.05) is 23.9 Å². The van der Waals surface area contributed by atoms with Crippen LogP contribution >= 0.6 is 11.8 Å². The van der Waals surface area contributed by atoms with Crippen molar-refractivity contribution in [2.45, 2.75) is 32.4 Å². The second-order valence-corrected chi connectivity index (χ2v) is 4.85. The number of halogens is 1. The van der Waals surface area contributed by atoms with Gasteiger partial charge >= 0.3 is 0 Å². The predicted octanol–water partition coefficient (Wildman–Crippen LogP) is 4.50. The molecule has 2 heteroatoms. The fraction of sp³-hybridized carbons (Fsp3) is 0.538. The van der Waals surface area contributed by atoms with Gasteiger partial charge in [-0.2, -0.15) is 11.8 Å². The number of benzene rings is 1. The normalized spacial score (nSPS) is 10.9. The van der Waals surface area contributed by atoms with E-state index in [9.17, 15) is 4.39 Å². The lowest BCUT2D eigenvalue weighted by Crippen LogP contribution is -2.00.